The molecule has 1 amide bonds. The Bertz CT molecular complexity index is 808. The monoisotopic (exact) mass is 407 g/mol. The molecule has 0 bridgehead atoms. The third-order valence-corrected chi connectivity index (χ3v) is 5.23. The Morgan fingerprint density at radius 3 is 2.25 bits per heavy atom. The largest absolute Gasteiger partial charge is 0.493 e. The van der Waals surface area contributed by atoms with Gasteiger partial charge < -0.3 is 24.1 Å². The van der Waals surface area contributed by atoms with E-state index in [0.29, 0.717) is 28.9 Å². The summed E-state index contributed by atoms with van der Waals surface area (Å²) in [4.78, 5) is 17.1. The molecule has 1 aromatic heterocycles. The Hall–Kier alpha value is -2.35. The third-order valence-electron chi connectivity index (χ3n) is 4.25. The molecule has 2 aromatic rings. The summed E-state index contributed by atoms with van der Waals surface area (Å²) in [5, 5.41) is 3.75. The van der Waals surface area contributed by atoms with E-state index in [1.165, 1.54) is 26.0 Å². The first-order chi connectivity index (χ1) is 13.3. The average Bonchev–Trinajstić information content (AvgIpc) is 2.92. The van der Waals surface area contributed by atoms with Gasteiger partial charge in [0, 0.05) is 30.1 Å². The smallest absolute Gasteiger partial charge is 0.234 e. The zero-order valence-electron chi connectivity index (χ0n) is 17.6. The predicted octanol–water partition coefficient (Wildman–Crippen LogP) is 3.91. The Morgan fingerprint density at radius 1 is 1.14 bits per heavy atom. The van der Waals surface area contributed by atoms with Gasteiger partial charge in [0.15, 0.2) is 16.7 Å². The van der Waals surface area contributed by atoms with E-state index in [9.17, 15) is 4.79 Å². The second-order valence-electron chi connectivity index (χ2n) is 6.82. The number of amides is 1. The van der Waals surface area contributed by atoms with Crippen LogP contribution in [-0.4, -0.2) is 42.5 Å². The number of hydrogen-bond donors (Lipinski definition) is 1. The molecule has 0 aliphatic heterocycles. The lowest BCUT2D eigenvalue weighted by molar-refractivity contribution is -0.113. The van der Waals surface area contributed by atoms with Gasteiger partial charge >= 0.3 is 0 Å². The minimum atomic E-state index is -0.131. The van der Waals surface area contributed by atoms with E-state index < -0.39 is 0 Å². The van der Waals surface area contributed by atoms with Gasteiger partial charge in [-0.3, -0.25) is 4.79 Å². The molecule has 0 saturated carbocycles. The number of carbonyl (C=O) groups is 1. The van der Waals surface area contributed by atoms with Crippen LogP contribution in [0.3, 0.4) is 0 Å². The zero-order valence-corrected chi connectivity index (χ0v) is 18.4. The standard InChI is InChI=1S/C20H29N3O4S/c1-12(2)10-23-14(4)13(3)21-20(23)28-11-18(24)22-15-8-16(25-5)19(27-7)17(9-15)26-6/h8-9,12H,10-11H2,1-7H3,(H,22,24). The summed E-state index contributed by atoms with van der Waals surface area (Å²) in [5.41, 5.74) is 2.72. The fourth-order valence-electron chi connectivity index (χ4n) is 2.79. The quantitative estimate of drug-likeness (QED) is 0.635. The van der Waals surface area contributed by atoms with Crippen molar-refractivity contribution in [1.82, 2.24) is 9.55 Å². The van der Waals surface area contributed by atoms with Gasteiger partial charge in [0.1, 0.15) is 0 Å². The van der Waals surface area contributed by atoms with Crippen LogP contribution in [0.2, 0.25) is 0 Å². The molecular formula is C20H29N3O4S. The number of aryl methyl sites for hydroxylation is 1. The number of anilines is 1. The molecule has 0 saturated heterocycles. The van der Waals surface area contributed by atoms with Gasteiger partial charge in [-0.25, -0.2) is 4.98 Å². The Labute approximate surface area is 170 Å². The van der Waals surface area contributed by atoms with Crippen molar-refractivity contribution in [2.24, 2.45) is 5.92 Å². The van der Waals surface area contributed by atoms with Crippen molar-refractivity contribution in [3.05, 3.63) is 23.5 Å². The summed E-state index contributed by atoms with van der Waals surface area (Å²) < 4.78 is 18.1. The van der Waals surface area contributed by atoms with Crippen molar-refractivity contribution >= 4 is 23.4 Å². The molecule has 0 spiro atoms. The first-order valence-electron chi connectivity index (χ1n) is 9.07. The Morgan fingerprint density at radius 2 is 1.75 bits per heavy atom. The summed E-state index contributed by atoms with van der Waals surface area (Å²) in [5.74, 6) is 2.09. The third kappa shape index (κ3) is 5.13. The minimum Gasteiger partial charge on any atom is -0.493 e. The van der Waals surface area contributed by atoms with E-state index in [-0.39, 0.29) is 11.7 Å². The molecule has 154 valence electrons. The van der Waals surface area contributed by atoms with E-state index in [0.717, 1.165) is 23.1 Å². The molecular weight excluding hydrogens is 378 g/mol. The van der Waals surface area contributed by atoms with Crippen LogP contribution in [0.1, 0.15) is 25.2 Å². The molecule has 1 aromatic carbocycles. The number of benzene rings is 1. The lowest BCUT2D eigenvalue weighted by Gasteiger charge is -2.15. The van der Waals surface area contributed by atoms with Crippen molar-refractivity contribution in [1.29, 1.82) is 0 Å². The average molecular weight is 408 g/mol. The van der Waals surface area contributed by atoms with Crippen LogP contribution >= 0.6 is 11.8 Å². The number of carbonyl (C=O) groups excluding carboxylic acids is 1. The first kappa shape index (κ1) is 21.9. The summed E-state index contributed by atoms with van der Waals surface area (Å²) in [6.07, 6.45) is 0. The normalized spacial score (nSPS) is 10.9. The summed E-state index contributed by atoms with van der Waals surface area (Å²) >= 11 is 1.43. The molecule has 28 heavy (non-hydrogen) atoms. The number of ether oxygens (including phenoxy) is 3. The highest BCUT2D eigenvalue weighted by Crippen LogP contribution is 2.40. The van der Waals surface area contributed by atoms with Gasteiger partial charge in [0.05, 0.1) is 32.8 Å². The summed E-state index contributed by atoms with van der Waals surface area (Å²) in [6.45, 7) is 9.27. The fourth-order valence-corrected chi connectivity index (χ4v) is 3.70. The number of imidazole rings is 1. The van der Waals surface area contributed by atoms with E-state index in [2.05, 4.69) is 35.6 Å². The van der Waals surface area contributed by atoms with Crippen molar-refractivity contribution in [2.75, 3.05) is 32.4 Å². The highest BCUT2D eigenvalue weighted by atomic mass is 32.2. The molecule has 0 atom stereocenters. The molecule has 7 nitrogen and oxygen atoms in total. The van der Waals surface area contributed by atoms with Gasteiger partial charge in [0.2, 0.25) is 11.7 Å². The molecule has 0 unspecified atom stereocenters. The van der Waals surface area contributed by atoms with E-state index in [4.69, 9.17) is 14.2 Å². The summed E-state index contributed by atoms with van der Waals surface area (Å²) in [6, 6.07) is 3.41. The van der Waals surface area contributed by atoms with E-state index >= 15 is 0 Å². The number of nitrogens with one attached hydrogen (secondary N) is 1. The van der Waals surface area contributed by atoms with E-state index in [1.807, 2.05) is 6.92 Å². The highest BCUT2D eigenvalue weighted by Gasteiger charge is 2.17. The molecule has 1 heterocycles. The van der Waals surface area contributed by atoms with Gasteiger partial charge in [-0.2, -0.15) is 0 Å². The maximum atomic E-state index is 12.5. The molecule has 0 fully saturated rings. The number of thioether (sulfide) groups is 1. The second-order valence-corrected chi connectivity index (χ2v) is 7.76. The lowest BCUT2D eigenvalue weighted by atomic mass is 10.2. The number of nitrogens with zero attached hydrogens (tertiary/aromatic N) is 2. The maximum absolute atomic E-state index is 12.5. The minimum absolute atomic E-state index is 0.131. The van der Waals surface area contributed by atoms with Crippen LogP contribution in [0.25, 0.3) is 0 Å². The topological polar surface area (TPSA) is 74.6 Å². The maximum Gasteiger partial charge on any atom is 0.234 e. The van der Waals surface area contributed by atoms with Crippen LogP contribution < -0.4 is 19.5 Å². The highest BCUT2D eigenvalue weighted by molar-refractivity contribution is 7.99. The number of hydrogen-bond acceptors (Lipinski definition) is 6. The molecule has 2 rings (SSSR count). The number of rotatable bonds is 9. The Balaban J connectivity index is 2.10. The number of methoxy groups -OCH3 is 3. The van der Waals surface area contributed by atoms with Gasteiger partial charge in [-0.1, -0.05) is 25.6 Å². The molecule has 1 N–H and O–H groups in total. The number of aromatic nitrogens is 2. The Kier molecular flexibility index (Phi) is 7.62. The molecule has 0 aliphatic carbocycles. The van der Waals surface area contributed by atoms with Crippen LogP contribution in [0, 0.1) is 19.8 Å². The molecule has 0 aliphatic rings. The van der Waals surface area contributed by atoms with Crippen LogP contribution in [0.15, 0.2) is 17.3 Å². The van der Waals surface area contributed by atoms with Crippen molar-refractivity contribution in [2.45, 2.75) is 39.4 Å². The van der Waals surface area contributed by atoms with Crippen LogP contribution in [-0.2, 0) is 11.3 Å². The van der Waals surface area contributed by atoms with Gasteiger partial charge in [0.25, 0.3) is 0 Å². The van der Waals surface area contributed by atoms with E-state index in [1.54, 1.807) is 19.2 Å². The lowest BCUT2D eigenvalue weighted by Crippen LogP contribution is -2.15. The van der Waals surface area contributed by atoms with Crippen LogP contribution in [0.4, 0.5) is 5.69 Å². The van der Waals surface area contributed by atoms with Crippen molar-refractivity contribution < 1.29 is 19.0 Å². The first-order valence-corrected chi connectivity index (χ1v) is 10.1. The zero-order chi connectivity index (χ0) is 20.8. The summed E-state index contributed by atoms with van der Waals surface area (Å²) in [7, 11) is 4.62. The predicted molar refractivity (Wildman–Crippen MR) is 112 cm³/mol. The molecule has 0 radical (unpaired) electrons. The second kappa shape index (κ2) is 9.73. The van der Waals surface area contributed by atoms with Gasteiger partial charge in [-0.05, 0) is 19.8 Å². The van der Waals surface area contributed by atoms with Crippen molar-refractivity contribution in [3.8, 4) is 17.2 Å². The molecule has 8 heteroatoms. The fraction of sp³-hybridized carbons (Fsp3) is 0.500. The van der Waals surface area contributed by atoms with Crippen LogP contribution in [0.5, 0.6) is 17.2 Å². The van der Waals surface area contributed by atoms with Gasteiger partial charge in [-0.15, -0.1) is 0 Å². The SMILES string of the molecule is COc1cc(NC(=O)CSc2nc(C)c(C)n2CC(C)C)cc(OC)c1OC. The van der Waals surface area contributed by atoms with Crippen molar-refractivity contribution in [3.63, 3.8) is 0 Å².